The molecule has 0 saturated carbocycles. The van der Waals surface area contributed by atoms with Crippen LogP contribution in [0.5, 0.6) is 23.0 Å². The van der Waals surface area contributed by atoms with Gasteiger partial charge in [-0.1, -0.05) is 0 Å². The first-order chi connectivity index (χ1) is 18.1. The second-order valence-corrected chi connectivity index (χ2v) is 8.90. The van der Waals surface area contributed by atoms with Crippen LogP contribution in [-0.4, -0.2) is 43.0 Å². The fourth-order valence-corrected chi connectivity index (χ4v) is 4.17. The molecule has 8 nitrogen and oxygen atoms in total. The summed E-state index contributed by atoms with van der Waals surface area (Å²) in [5.74, 6) is 1.72. The van der Waals surface area contributed by atoms with E-state index in [-0.39, 0.29) is 11.9 Å². The first-order valence-electron chi connectivity index (χ1n) is 12.3. The molecule has 0 atom stereocenters. The van der Waals surface area contributed by atoms with Gasteiger partial charge in [-0.15, -0.1) is 0 Å². The van der Waals surface area contributed by atoms with Gasteiger partial charge in [0.1, 0.15) is 23.0 Å². The van der Waals surface area contributed by atoms with E-state index in [0.29, 0.717) is 46.2 Å². The van der Waals surface area contributed by atoms with Gasteiger partial charge in [0.25, 0.3) is 5.91 Å². The van der Waals surface area contributed by atoms with Crippen LogP contribution in [-0.2, 0) is 0 Å². The SMILES string of the molecule is N#Cc1ccc(Oc2cc(Oc3ccc(C#N)cc3)cc(C(=O)NC3CCN(CCCN)CC3)c2)cc1. The Morgan fingerprint density at radius 1 is 0.865 bits per heavy atom. The van der Waals surface area contributed by atoms with Crippen molar-refractivity contribution in [2.24, 2.45) is 5.73 Å². The van der Waals surface area contributed by atoms with Crippen molar-refractivity contribution >= 4 is 5.91 Å². The minimum atomic E-state index is -0.199. The van der Waals surface area contributed by atoms with Crippen molar-refractivity contribution in [1.29, 1.82) is 10.5 Å². The zero-order valence-electron chi connectivity index (χ0n) is 20.5. The van der Waals surface area contributed by atoms with Crippen LogP contribution < -0.4 is 20.5 Å². The van der Waals surface area contributed by atoms with Gasteiger partial charge in [0.15, 0.2) is 0 Å². The van der Waals surface area contributed by atoms with Crippen molar-refractivity contribution in [3.63, 3.8) is 0 Å². The number of carbonyl (C=O) groups excluding carboxylic acids is 1. The smallest absolute Gasteiger partial charge is 0.251 e. The maximum absolute atomic E-state index is 13.2. The maximum atomic E-state index is 13.2. The van der Waals surface area contributed by atoms with E-state index in [4.69, 9.17) is 25.7 Å². The number of ether oxygens (including phenoxy) is 2. The zero-order chi connectivity index (χ0) is 26.0. The molecule has 0 radical (unpaired) electrons. The highest BCUT2D eigenvalue weighted by molar-refractivity contribution is 5.95. The number of nitriles is 2. The number of nitrogens with two attached hydrogens (primary N) is 1. The fourth-order valence-electron chi connectivity index (χ4n) is 4.17. The third-order valence-electron chi connectivity index (χ3n) is 6.18. The van der Waals surface area contributed by atoms with E-state index in [0.717, 1.165) is 38.9 Å². The molecule has 0 aromatic heterocycles. The topological polar surface area (TPSA) is 124 Å². The fraction of sp³-hybridized carbons (Fsp3) is 0.276. The lowest BCUT2D eigenvalue weighted by molar-refractivity contribution is 0.0910. The number of nitrogens with zero attached hydrogens (tertiary/aromatic N) is 3. The normalized spacial score (nSPS) is 13.8. The lowest BCUT2D eigenvalue weighted by Gasteiger charge is -2.32. The quantitative estimate of drug-likeness (QED) is 0.446. The second-order valence-electron chi connectivity index (χ2n) is 8.90. The molecular weight excluding hydrogens is 466 g/mol. The van der Waals surface area contributed by atoms with Crippen LogP contribution in [0.15, 0.2) is 66.7 Å². The number of nitrogens with one attached hydrogen (secondary N) is 1. The molecule has 4 rings (SSSR count). The first kappa shape index (κ1) is 25.7. The van der Waals surface area contributed by atoms with Crippen LogP contribution in [0.3, 0.4) is 0 Å². The minimum Gasteiger partial charge on any atom is -0.457 e. The Labute approximate surface area is 216 Å². The molecule has 0 spiro atoms. The van der Waals surface area contributed by atoms with E-state index in [2.05, 4.69) is 22.4 Å². The average molecular weight is 496 g/mol. The summed E-state index contributed by atoms with van der Waals surface area (Å²) in [6.45, 7) is 3.53. The van der Waals surface area contributed by atoms with Gasteiger partial charge in [-0.2, -0.15) is 10.5 Å². The number of likely N-dealkylation sites (tertiary alicyclic amines) is 1. The Morgan fingerprint density at radius 3 is 1.84 bits per heavy atom. The van der Waals surface area contributed by atoms with Gasteiger partial charge in [-0.05, 0) is 93.0 Å². The van der Waals surface area contributed by atoms with E-state index >= 15 is 0 Å². The Bertz CT molecular complexity index is 1210. The third-order valence-corrected chi connectivity index (χ3v) is 6.18. The molecule has 188 valence electrons. The summed E-state index contributed by atoms with van der Waals surface area (Å²) in [7, 11) is 0. The number of rotatable bonds is 9. The molecule has 1 saturated heterocycles. The van der Waals surface area contributed by atoms with E-state index in [9.17, 15) is 4.79 Å². The lowest BCUT2D eigenvalue weighted by Crippen LogP contribution is -2.45. The van der Waals surface area contributed by atoms with E-state index in [1.807, 2.05) is 0 Å². The summed E-state index contributed by atoms with van der Waals surface area (Å²) in [6.07, 6.45) is 2.74. The highest BCUT2D eigenvalue weighted by Crippen LogP contribution is 2.31. The molecule has 3 N–H and O–H groups in total. The van der Waals surface area contributed by atoms with Crippen LogP contribution in [0.2, 0.25) is 0 Å². The molecule has 0 aliphatic carbocycles. The molecule has 1 aliphatic heterocycles. The van der Waals surface area contributed by atoms with E-state index in [1.165, 1.54) is 0 Å². The van der Waals surface area contributed by atoms with Crippen molar-refractivity contribution in [3.8, 4) is 35.1 Å². The van der Waals surface area contributed by atoms with E-state index in [1.54, 1.807) is 66.7 Å². The van der Waals surface area contributed by atoms with Crippen molar-refractivity contribution in [3.05, 3.63) is 83.4 Å². The Hall–Kier alpha value is -4.37. The molecule has 37 heavy (non-hydrogen) atoms. The van der Waals surface area contributed by atoms with Gasteiger partial charge in [0, 0.05) is 30.8 Å². The highest BCUT2D eigenvalue weighted by atomic mass is 16.5. The molecule has 1 fully saturated rings. The Kier molecular flexibility index (Phi) is 8.72. The lowest BCUT2D eigenvalue weighted by atomic mass is 10.0. The Morgan fingerprint density at radius 2 is 1.38 bits per heavy atom. The van der Waals surface area contributed by atoms with Gasteiger partial charge < -0.3 is 25.4 Å². The molecule has 3 aromatic rings. The highest BCUT2D eigenvalue weighted by Gasteiger charge is 2.21. The number of hydrogen-bond donors (Lipinski definition) is 2. The molecule has 1 aliphatic rings. The number of amides is 1. The third kappa shape index (κ3) is 7.31. The number of hydrogen-bond acceptors (Lipinski definition) is 7. The van der Waals surface area contributed by atoms with Crippen molar-refractivity contribution in [1.82, 2.24) is 10.2 Å². The van der Waals surface area contributed by atoms with Crippen LogP contribution in [0.4, 0.5) is 0 Å². The van der Waals surface area contributed by atoms with Crippen molar-refractivity contribution in [2.45, 2.75) is 25.3 Å². The monoisotopic (exact) mass is 495 g/mol. The largest absolute Gasteiger partial charge is 0.457 e. The van der Waals surface area contributed by atoms with Crippen LogP contribution in [0.25, 0.3) is 0 Å². The maximum Gasteiger partial charge on any atom is 0.251 e. The standard InChI is InChI=1S/C29H29N5O3/c30-12-1-13-34-14-10-24(11-15-34)33-29(35)23-16-27(36-25-6-2-21(19-31)3-7-25)18-28(17-23)37-26-8-4-22(20-32)5-9-26/h2-9,16-18,24H,1,10-15,30H2,(H,33,35). The molecule has 3 aromatic carbocycles. The first-order valence-corrected chi connectivity index (χ1v) is 12.3. The van der Waals surface area contributed by atoms with Gasteiger partial charge in [0.2, 0.25) is 0 Å². The minimum absolute atomic E-state index is 0.0904. The van der Waals surface area contributed by atoms with Gasteiger partial charge in [0.05, 0.1) is 23.3 Å². The zero-order valence-corrected chi connectivity index (χ0v) is 20.5. The molecule has 1 heterocycles. The molecular formula is C29H29N5O3. The van der Waals surface area contributed by atoms with Crippen LogP contribution >= 0.6 is 0 Å². The average Bonchev–Trinajstić information content (AvgIpc) is 2.93. The van der Waals surface area contributed by atoms with Gasteiger partial charge in [-0.25, -0.2) is 0 Å². The molecule has 0 bridgehead atoms. The van der Waals surface area contributed by atoms with Gasteiger partial charge in [-0.3, -0.25) is 4.79 Å². The summed E-state index contributed by atoms with van der Waals surface area (Å²) in [5.41, 5.74) is 7.09. The predicted octanol–water partition coefficient (Wildman–Crippen LogP) is 4.56. The van der Waals surface area contributed by atoms with Crippen molar-refractivity contribution < 1.29 is 14.3 Å². The summed E-state index contributed by atoms with van der Waals surface area (Å²) < 4.78 is 12.0. The van der Waals surface area contributed by atoms with Crippen LogP contribution in [0, 0.1) is 22.7 Å². The van der Waals surface area contributed by atoms with Crippen LogP contribution in [0.1, 0.15) is 40.7 Å². The molecule has 0 unspecified atom stereocenters. The molecule has 8 heteroatoms. The predicted molar refractivity (Wildman–Crippen MR) is 140 cm³/mol. The summed E-state index contributed by atoms with van der Waals surface area (Å²) >= 11 is 0. The Balaban J connectivity index is 1.51. The van der Waals surface area contributed by atoms with Crippen molar-refractivity contribution in [2.75, 3.05) is 26.2 Å². The van der Waals surface area contributed by atoms with E-state index < -0.39 is 0 Å². The second kappa shape index (κ2) is 12.5. The molecule has 1 amide bonds. The number of carbonyl (C=O) groups is 1. The summed E-state index contributed by atoms with van der Waals surface area (Å²) in [6, 6.07) is 22.8. The summed E-state index contributed by atoms with van der Waals surface area (Å²) in [5, 5.41) is 21.2. The summed E-state index contributed by atoms with van der Waals surface area (Å²) in [4.78, 5) is 15.6. The number of piperidine rings is 1. The number of benzene rings is 3. The van der Waals surface area contributed by atoms with Gasteiger partial charge >= 0.3 is 0 Å².